The quantitative estimate of drug-likeness (QED) is 0.319. The van der Waals surface area contributed by atoms with Crippen LogP contribution in [0.15, 0.2) is 42.7 Å². The van der Waals surface area contributed by atoms with Gasteiger partial charge in [-0.25, -0.2) is 15.0 Å². The van der Waals surface area contributed by atoms with E-state index < -0.39 is 0 Å². The number of ether oxygens (including phenoxy) is 2. The van der Waals surface area contributed by atoms with Gasteiger partial charge in [0.05, 0.1) is 37.3 Å². The number of likely N-dealkylation sites (tertiary alicyclic amines) is 1. The first-order chi connectivity index (χ1) is 21.8. The van der Waals surface area contributed by atoms with Gasteiger partial charge in [0.15, 0.2) is 5.75 Å². The molecule has 0 aliphatic carbocycles. The smallest absolute Gasteiger partial charge is 0.225 e. The zero-order valence-corrected chi connectivity index (χ0v) is 27.4. The largest absolute Gasteiger partial charge is 0.436 e. The molecular weight excluding hydrogens is 613 g/mol. The molecule has 3 fully saturated rings. The normalized spacial score (nSPS) is 18.6. The van der Waals surface area contributed by atoms with Gasteiger partial charge in [-0.3, -0.25) is 14.6 Å². The Morgan fingerprint density at radius 1 is 0.978 bits per heavy atom. The molecule has 0 radical (unpaired) electrons. The predicted octanol–water partition coefficient (Wildman–Crippen LogP) is 5.14. The molecule has 1 N–H and O–H groups in total. The van der Waals surface area contributed by atoms with Gasteiger partial charge in [0.1, 0.15) is 0 Å². The van der Waals surface area contributed by atoms with E-state index in [-0.39, 0.29) is 11.8 Å². The van der Waals surface area contributed by atoms with E-state index in [1.54, 1.807) is 18.5 Å². The highest BCUT2D eigenvalue weighted by Crippen LogP contribution is 2.31. The maximum absolute atomic E-state index is 12.0. The molecule has 1 amide bonds. The van der Waals surface area contributed by atoms with E-state index >= 15 is 0 Å². The fourth-order valence-corrected chi connectivity index (χ4v) is 6.50. The number of carbonyl (C=O) groups excluding carboxylic acids is 1. The molecule has 0 saturated carbocycles. The summed E-state index contributed by atoms with van der Waals surface area (Å²) >= 11 is 12.7. The monoisotopic (exact) mass is 653 g/mol. The molecule has 12 heteroatoms. The van der Waals surface area contributed by atoms with E-state index in [2.05, 4.69) is 36.1 Å². The lowest BCUT2D eigenvalue weighted by Crippen LogP contribution is -2.56. The van der Waals surface area contributed by atoms with E-state index in [4.69, 9.17) is 37.7 Å². The lowest BCUT2D eigenvalue weighted by molar-refractivity contribution is -0.124. The van der Waals surface area contributed by atoms with Crippen molar-refractivity contribution in [2.75, 3.05) is 63.9 Å². The average Bonchev–Trinajstić information content (AvgIpc) is 3.00. The number of nitrogens with one attached hydrogen (secondary N) is 1. The van der Waals surface area contributed by atoms with Crippen molar-refractivity contribution in [3.8, 4) is 22.9 Å². The first-order valence-corrected chi connectivity index (χ1v) is 16.6. The number of aromatic nitrogens is 3. The Morgan fingerprint density at radius 2 is 1.67 bits per heavy atom. The second kappa shape index (κ2) is 14.6. The molecule has 5 heterocycles. The van der Waals surface area contributed by atoms with Crippen LogP contribution in [0.25, 0.3) is 11.3 Å². The van der Waals surface area contributed by atoms with Crippen molar-refractivity contribution in [1.82, 2.24) is 30.1 Å². The summed E-state index contributed by atoms with van der Waals surface area (Å²) in [6, 6.07) is 10.0. The molecule has 0 spiro atoms. The van der Waals surface area contributed by atoms with Crippen LogP contribution in [0.2, 0.25) is 10.0 Å². The maximum Gasteiger partial charge on any atom is 0.225 e. The standard InChI is InChI=1S/C33H41Cl2N7O3/c1-22(2)32(43)36-16-23-3-5-40(6-4-23)19-24-11-30(25-13-26(34)15-27(35)14-25)39-31(12-24)45-29-17-37-33(38-18-29)42-9-7-41(8-10-42)28-20-44-21-28/h11-15,17-18,22-23,28H,3-10,16,19-21H2,1-2H3,(H,36,43). The van der Waals surface area contributed by atoms with Crippen molar-refractivity contribution >= 4 is 35.1 Å². The third-order valence-electron chi connectivity index (χ3n) is 8.79. The summed E-state index contributed by atoms with van der Waals surface area (Å²) in [4.78, 5) is 33.2. The highest BCUT2D eigenvalue weighted by molar-refractivity contribution is 6.35. The third-order valence-corrected chi connectivity index (χ3v) is 9.23. The van der Waals surface area contributed by atoms with Crippen molar-refractivity contribution in [2.45, 2.75) is 39.3 Å². The summed E-state index contributed by atoms with van der Waals surface area (Å²) in [6.07, 6.45) is 5.50. The topological polar surface area (TPSA) is 96.0 Å². The minimum absolute atomic E-state index is 0.00923. The molecule has 45 heavy (non-hydrogen) atoms. The predicted molar refractivity (Wildman–Crippen MR) is 176 cm³/mol. The molecule has 240 valence electrons. The van der Waals surface area contributed by atoms with Crippen molar-refractivity contribution in [1.29, 1.82) is 0 Å². The second-order valence-corrected chi connectivity index (χ2v) is 13.4. The van der Waals surface area contributed by atoms with E-state index in [1.807, 2.05) is 32.0 Å². The van der Waals surface area contributed by atoms with Crippen molar-refractivity contribution < 1.29 is 14.3 Å². The Labute approximate surface area is 275 Å². The number of carbonyl (C=O) groups is 1. The lowest BCUT2D eigenvalue weighted by Gasteiger charge is -2.42. The molecule has 2 aromatic heterocycles. The van der Waals surface area contributed by atoms with Crippen molar-refractivity contribution in [2.24, 2.45) is 11.8 Å². The Balaban J connectivity index is 1.12. The Hall–Kier alpha value is -3.02. The fraction of sp³-hybridized carbons (Fsp3) is 0.515. The van der Waals surface area contributed by atoms with Gasteiger partial charge in [-0.2, -0.15) is 0 Å². The van der Waals surface area contributed by atoms with Crippen LogP contribution in [-0.4, -0.2) is 95.7 Å². The summed E-state index contributed by atoms with van der Waals surface area (Å²) in [5.74, 6) is 2.30. The number of amides is 1. The first-order valence-electron chi connectivity index (χ1n) is 15.8. The van der Waals surface area contributed by atoms with Gasteiger partial charge in [0.2, 0.25) is 17.7 Å². The van der Waals surface area contributed by atoms with Crippen LogP contribution in [0, 0.1) is 11.8 Å². The highest BCUT2D eigenvalue weighted by Gasteiger charge is 2.29. The number of piperidine rings is 1. The summed E-state index contributed by atoms with van der Waals surface area (Å²) in [5, 5.41) is 4.18. The molecular formula is C33H41Cl2N7O3. The fourth-order valence-electron chi connectivity index (χ4n) is 5.98. The Kier molecular flexibility index (Phi) is 10.4. The summed E-state index contributed by atoms with van der Waals surface area (Å²) in [6.45, 7) is 12.7. The van der Waals surface area contributed by atoms with Gasteiger partial charge in [-0.05, 0) is 61.7 Å². The molecule has 3 aliphatic heterocycles. The third kappa shape index (κ3) is 8.42. The SMILES string of the molecule is CC(C)C(=O)NCC1CCN(Cc2cc(Oc3cnc(N4CCN(C5COC5)CC4)nc3)nc(-c3cc(Cl)cc(Cl)c3)c2)CC1. The van der Waals surface area contributed by atoms with E-state index in [9.17, 15) is 4.79 Å². The molecule has 0 unspecified atom stereocenters. The number of piperazine rings is 1. The number of hydrogen-bond donors (Lipinski definition) is 1. The van der Waals surface area contributed by atoms with Gasteiger partial charge in [-0.1, -0.05) is 37.0 Å². The van der Waals surface area contributed by atoms with Crippen LogP contribution in [0.4, 0.5) is 5.95 Å². The molecule has 0 bridgehead atoms. The summed E-state index contributed by atoms with van der Waals surface area (Å²) < 4.78 is 11.6. The van der Waals surface area contributed by atoms with Crippen LogP contribution < -0.4 is 15.0 Å². The molecule has 10 nitrogen and oxygen atoms in total. The number of hydrogen-bond acceptors (Lipinski definition) is 9. The molecule has 3 aromatic rings. The van der Waals surface area contributed by atoms with Gasteiger partial charge in [0.25, 0.3) is 0 Å². The second-order valence-electron chi connectivity index (χ2n) is 12.5. The minimum atomic E-state index is 0.00923. The average molecular weight is 655 g/mol. The molecule has 0 atom stereocenters. The molecule has 1 aromatic carbocycles. The number of halogens is 2. The number of rotatable bonds is 10. The Morgan fingerprint density at radius 3 is 2.29 bits per heavy atom. The van der Waals surface area contributed by atoms with E-state index in [0.29, 0.717) is 39.6 Å². The minimum Gasteiger partial charge on any atom is -0.436 e. The molecule has 3 aliphatic rings. The zero-order chi connectivity index (χ0) is 31.3. The van der Waals surface area contributed by atoms with Gasteiger partial charge in [0, 0.05) is 66.9 Å². The summed E-state index contributed by atoms with van der Waals surface area (Å²) in [7, 11) is 0. The highest BCUT2D eigenvalue weighted by atomic mass is 35.5. The van der Waals surface area contributed by atoms with Gasteiger partial charge < -0.3 is 19.7 Å². The van der Waals surface area contributed by atoms with Crippen LogP contribution in [0.3, 0.4) is 0 Å². The van der Waals surface area contributed by atoms with Crippen molar-refractivity contribution in [3.63, 3.8) is 0 Å². The summed E-state index contributed by atoms with van der Waals surface area (Å²) in [5.41, 5.74) is 2.62. The first kappa shape index (κ1) is 31.9. The van der Waals surface area contributed by atoms with Crippen LogP contribution >= 0.6 is 23.2 Å². The van der Waals surface area contributed by atoms with Crippen LogP contribution in [0.5, 0.6) is 11.6 Å². The van der Waals surface area contributed by atoms with E-state index in [0.717, 1.165) is 95.2 Å². The number of benzene rings is 1. The van der Waals surface area contributed by atoms with Crippen molar-refractivity contribution in [3.05, 3.63) is 58.3 Å². The van der Waals surface area contributed by atoms with Gasteiger partial charge >= 0.3 is 0 Å². The number of nitrogens with zero attached hydrogens (tertiary/aromatic N) is 6. The maximum atomic E-state index is 12.0. The molecule has 3 saturated heterocycles. The van der Waals surface area contributed by atoms with Crippen LogP contribution in [-0.2, 0) is 16.1 Å². The number of anilines is 1. The zero-order valence-electron chi connectivity index (χ0n) is 25.9. The molecule has 6 rings (SSSR count). The Bertz CT molecular complexity index is 1430. The van der Waals surface area contributed by atoms with Crippen LogP contribution in [0.1, 0.15) is 32.3 Å². The lowest BCUT2D eigenvalue weighted by atomic mass is 9.96. The van der Waals surface area contributed by atoms with E-state index in [1.165, 1.54) is 0 Å². The number of pyridine rings is 1. The van der Waals surface area contributed by atoms with Gasteiger partial charge in [-0.15, -0.1) is 0 Å².